The van der Waals surface area contributed by atoms with Crippen LogP contribution in [-0.2, 0) is 11.3 Å². The van der Waals surface area contributed by atoms with Gasteiger partial charge in [-0.05, 0) is 13.0 Å². The number of hydrogen-bond donors (Lipinski definition) is 1. The van der Waals surface area contributed by atoms with Gasteiger partial charge in [-0.2, -0.15) is 0 Å². The van der Waals surface area contributed by atoms with E-state index in [4.69, 9.17) is 9.84 Å². The number of carboxylic acids is 1. The van der Waals surface area contributed by atoms with Gasteiger partial charge >= 0.3 is 5.97 Å². The van der Waals surface area contributed by atoms with Crippen molar-refractivity contribution < 1.29 is 14.6 Å². The third-order valence-corrected chi connectivity index (χ3v) is 1.84. The Kier molecular flexibility index (Phi) is 2.91. The van der Waals surface area contributed by atoms with Gasteiger partial charge in [0.15, 0.2) is 0 Å². The van der Waals surface area contributed by atoms with Gasteiger partial charge in [-0.15, -0.1) is 0 Å². The van der Waals surface area contributed by atoms with E-state index in [1.807, 2.05) is 0 Å². The van der Waals surface area contributed by atoms with E-state index in [0.717, 1.165) is 0 Å². The zero-order chi connectivity index (χ0) is 10.7. The van der Waals surface area contributed by atoms with Crippen LogP contribution >= 0.6 is 0 Å². The lowest BCUT2D eigenvalue weighted by molar-refractivity contribution is -0.137. The number of pyridine rings is 1. The smallest absolute Gasteiger partial charge is 0.323 e. The summed E-state index contributed by atoms with van der Waals surface area (Å²) in [4.78, 5) is 21.8. The molecule has 0 aromatic carbocycles. The Balaban J connectivity index is 3.18. The number of aromatic nitrogens is 1. The quantitative estimate of drug-likeness (QED) is 0.754. The summed E-state index contributed by atoms with van der Waals surface area (Å²) in [6.07, 6.45) is 0. The Morgan fingerprint density at radius 2 is 2.21 bits per heavy atom. The van der Waals surface area contributed by atoms with Crippen molar-refractivity contribution in [1.82, 2.24) is 4.57 Å². The maximum atomic E-state index is 11.4. The number of methoxy groups -OCH3 is 1. The predicted octanol–water partition coefficient (Wildman–Crippen LogP) is 0.250. The molecule has 0 unspecified atom stereocenters. The van der Waals surface area contributed by atoms with Crippen molar-refractivity contribution in [3.63, 3.8) is 0 Å². The molecule has 0 amide bonds. The highest BCUT2D eigenvalue weighted by Gasteiger charge is 2.06. The largest absolute Gasteiger partial charge is 0.496 e. The van der Waals surface area contributed by atoms with Gasteiger partial charge in [-0.3, -0.25) is 9.59 Å². The number of hydrogen-bond acceptors (Lipinski definition) is 3. The molecule has 1 heterocycles. The molecule has 0 saturated carbocycles. The first-order valence-corrected chi connectivity index (χ1v) is 4.02. The second-order valence-electron chi connectivity index (χ2n) is 2.85. The summed E-state index contributed by atoms with van der Waals surface area (Å²) >= 11 is 0. The van der Waals surface area contributed by atoms with Crippen LogP contribution in [0.4, 0.5) is 0 Å². The van der Waals surface area contributed by atoms with Crippen molar-refractivity contribution in [3.8, 4) is 5.75 Å². The molecule has 0 aliphatic rings. The van der Waals surface area contributed by atoms with Gasteiger partial charge in [0.05, 0.1) is 7.11 Å². The Labute approximate surface area is 80.6 Å². The van der Waals surface area contributed by atoms with E-state index in [-0.39, 0.29) is 12.1 Å². The van der Waals surface area contributed by atoms with Crippen LogP contribution in [0.25, 0.3) is 0 Å². The average Bonchev–Trinajstić information content (AvgIpc) is 2.10. The first-order chi connectivity index (χ1) is 6.54. The Bertz CT molecular complexity index is 408. The average molecular weight is 197 g/mol. The number of nitrogens with zero attached hydrogens (tertiary/aromatic N) is 1. The predicted molar refractivity (Wildman–Crippen MR) is 49.6 cm³/mol. The van der Waals surface area contributed by atoms with Crippen LogP contribution in [0.15, 0.2) is 16.9 Å². The molecule has 1 rings (SSSR count). The number of ether oxygens (including phenoxy) is 1. The highest BCUT2D eigenvalue weighted by Crippen LogP contribution is 2.08. The van der Waals surface area contributed by atoms with Crippen LogP contribution in [0.1, 0.15) is 5.69 Å². The van der Waals surface area contributed by atoms with Crippen molar-refractivity contribution >= 4 is 5.97 Å². The van der Waals surface area contributed by atoms with Crippen molar-refractivity contribution in [2.24, 2.45) is 0 Å². The van der Waals surface area contributed by atoms with E-state index in [2.05, 4.69) is 0 Å². The van der Waals surface area contributed by atoms with Gasteiger partial charge in [0.1, 0.15) is 12.3 Å². The Morgan fingerprint density at radius 1 is 1.57 bits per heavy atom. The molecule has 0 aliphatic heterocycles. The van der Waals surface area contributed by atoms with Gasteiger partial charge in [0.2, 0.25) is 0 Å². The summed E-state index contributed by atoms with van der Waals surface area (Å²) in [7, 11) is 1.45. The van der Waals surface area contributed by atoms with Gasteiger partial charge < -0.3 is 14.4 Å². The Hall–Kier alpha value is -1.78. The normalized spacial score (nSPS) is 9.86. The van der Waals surface area contributed by atoms with Crippen LogP contribution in [0.2, 0.25) is 0 Å². The third kappa shape index (κ3) is 2.12. The van der Waals surface area contributed by atoms with Crippen LogP contribution in [0, 0.1) is 6.92 Å². The number of rotatable bonds is 3. The van der Waals surface area contributed by atoms with Crippen molar-refractivity contribution in [2.75, 3.05) is 7.11 Å². The molecule has 0 aliphatic carbocycles. The van der Waals surface area contributed by atoms with E-state index < -0.39 is 5.97 Å². The standard InChI is InChI=1S/C9H11NO4/c1-6-3-7(14-2)4-8(11)10(6)5-9(12)13/h3-4H,5H2,1-2H3,(H,12,13). The lowest BCUT2D eigenvalue weighted by Gasteiger charge is -2.08. The fourth-order valence-corrected chi connectivity index (χ4v) is 1.15. The minimum absolute atomic E-state index is 0.325. The van der Waals surface area contributed by atoms with Gasteiger partial charge in [-0.1, -0.05) is 0 Å². The van der Waals surface area contributed by atoms with Gasteiger partial charge in [0, 0.05) is 11.8 Å². The lowest BCUT2D eigenvalue weighted by atomic mass is 10.3. The molecular formula is C9H11NO4. The summed E-state index contributed by atoms with van der Waals surface area (Å²) in [5, 5.41) is 8.55. The van der Waals surface area contributed by atoms with Crippen molar-refractivity contribution in [2.45, 2.75) is 13.5 Å². The monoisotopic (exact) mass is 197 g/mol. The molecule has 76 valence electrons. The zero-order valence-electron chi connectivity index (χ0n) is 7.98. The molecular weight excluding hydrogens is 186 g/mol. The van der Waals surface area contributed by atoms with Crippen LogP contribution in [0.3, 0.4) is 0 Å². The summed E-state index contributed by atoms with van der Waals surface area (Å²) in [6.45, 7) is 1.33. The third-order valence-electron chi connectivity index (χ3n) is 1.84. The number of aliphatic carboxylic acids is 1. The van der Waals surface area contributed by atoms with Gasteiger partial charge in [-0.25, -0.2) is 0 Å². The van der Waals surface area contributed by atoms with E-state index in [9.17, 15) is 9.59 Å². The Morgan fingerprint density at radius 3 is 2.64 bits per heavy atom. The molecule has 1 aromatic heterocycles. The fraction of sp³-hybridized carbons (Fsp3) is 0.333. The topological polar surface area (TPSA) is 68.5 Å². The van der Waals surface area contributed by atoms with Gasteiger partial charge in [0.25, 0.3) is 5.56 Å². The van der Waals surface area contributed by atoms with Crippen molar-refractivity contribution in [1.29, 1.82) is 0 Å². The van der Waals surface area contributed by atoms with Crippen LogP contribution in [-0.4, -0.2) is 22.8 Å². The van der Waals surface area contributed by atoms with Crippen molar-refractivity contribution in [3.05, 3.63) is 28.2 Å². The second kappa shape index (κ2) is 3.95. The fourth-order valence-electron chi connectivity index (χ4n) is 1.15. The summed E-state index contributed by atoms with van der Waals surface area (Å²) in [5.74, 6) is -0.602. The molecule has 5 heteroatoms. The molecule has 0 saturated heterocycles. The first-order valence-electron chi connectivity index (χ1n) is 4.02. The molecule has 5 nitrogen and oxygen atoms in total. The summed E-state index contributed by atoms with van der Waals surface area (Å²) in [6, 6.07) is 2.88. The maximum Gasteiger partial charge on any atom is 0.323 e. The SMILES string of the molecule is COc1cc(C)n(CC(=O)O)c(=O)c1. The van der Waals surface area contributed by atoms with E-state index in [0.29, 0.717) is 11.4 Å². The lowest BCUT2D eigenvalue weighted by Crippen LogP contribution is -2.25. The number of carboxylic acid groups (broad SMARTS) is 1. The highest BCUT2D eigenvalue weighted by atomic mass is 16.5. The maximum absolute atomic E-state index is 11.4. The minimum Gasteiger partial charge on any atom is -0.496 e. The molecule has 0 radical (unpaired) electrons. The molecule has 14 heavy (non-hydrogen) atoms. The molecule has 0 atom stereocenters. The summed E-state index contributed by atoms with van der Waals surface area (Å²) in [5.41, 5.74) is 0.195. The minimum atomic E-state index is -1.04. The summed E-state index contributed by atoms with van der Waals surface area (Å²) < 4.78 is 6.05. The number of carbonyl (C=O) groups is 1. The number of aryl methyl sites for hydroxylation is 1. The molecule has 1 aromatic rings. The van der Waals surface area contributed by atoms with E-state index in [1.165, 1.54) is 17.7 Å². The first kappa shape index (κ1) is 10.3. The second-order valence-corrected chi connectivity index (χ2v) is 2.85. The zero-order valence-corrected chi connectivity index (χ0v) is 7.98. The molecule has 0 spiro atoms. The van der Waals surface area contributed by atoms with Crippen LogP contribution in [0.5, 0.6) is 5.75 Å². The molecule has 1 N–H and O–H groups in total. The van der Waals surface area contributed by atoms with E-state index in [1.54, 1.807) is 13.0 Å². The molecule has 0 fully saturated rings. The van der Waals surface area contributed by atoms with Crippen LogP contribution < -0.4 is 10.3 Å². The van der Waals surface area contributed by atoms with E-state index >= 15 is 0 Å². The molecule has 0 bridgehead atoms. The highest BCUT2D eigenvalue weighted by molar-refractivity contribution is 5.66.